The summed E-state index contributed by atoms with van der Waals surface area (Å²) in [6.07, 6.45) is 0. The second-order valence-electron chi connectivity index (χ2n) is 0.410. The number of nitrogens with two attached hydrogens (primary N) is 1. The van der Waals surface area contributed by atoms with Gasteiger partial charge in [-0.2, -0.15) is 0 Å². The lowest BCUT2D eigenvalue weighted by Gasteiger charge is -2.09. The highest BCUT2D eigenvalue weighted by molar-refractivity contribution is 7.46. The molecule has 0 aromatic rings. The molecule has 0 aromatic carbocycles. The van der Waals surface area contributed by atoms with Crippen molar-refractivity contribution in [1.82, 2.24) is 4.61 Å². The Kier molecular flexibility index (Phi) is 3.16. The average Bonchev–Trinajstić information content (AvgIpc) is 1.38. The molecule has 3 nitrogen and oxygen atoms in total. The van der Waals surface area contributed by atoms with Crippen molar-refractivity contribution in [3.63, 3.8) is 0 Å². The molecule has 5 heteroatoms. The third kappa shape index (κ3) is 4.60. The van der Waals surface area contributed by atoms with Gasteiger partial charge in [0.1, 0.15) is 0 Å². The summed E-state index contributed by atoms with van der Waals surface area (Å²) in [5, 5.41) is 0. The number of nitrogens with one attached hydrogen (secondary N) is 1. The van der Waals surface area contributed by atoms with Crippen LogP contribution in [0.25, 0.3) is 0 Å². The van der Waals surface area contributed by atoms with E-state index in [-0.39, 0.29) is 0 Å². The van der Waals surface area contributed by atoms with Crippen LogP contribution in [0.2, 0.25) is 0 Å². The third-order valence-corrected chi connectivity index (χ3v) is 0.750. The van der Waals surface area contributed by atoms with Crippen LogP contribution < -0.4 is 15.0 Å². The van der Waals surface area contributed by atoms with Crippen molar-refractivity contribution in [2.45, 2.75) is 0 Å². The van der Waals surface area contributed by atoms with E-state index < -0.39 is 8.45 Å². The van der Waals surface area contributed by atoms with E-state index >= 15 is 0 Å². The third-order valence-electron chi connectivity index (χ3n) is 0.0833. The van der Waals surface area contributed by atoms with Crippen molar-refractivity contribution in [3.05, 3.63) is 0 Å². The quantitative estimate of drug-likeness (QED) is 0.348. The minimum atomic E-state index is -1.83. The average molecular weight is 113 g/mol. The molecular formula is H3ClN2OP-. The largest absolute Gasteiger partial charge is 0.805 e. The van der Waals surface area contributed by atoms with Crippen molar-refractivity contribution >= 4 is 20.2 Å². The van der Waals surface area contributed by atoms with Crippen LogP contribution in [0.1, 0.15) is 0 Å². The summed E-state index contributed by atoms with van der Waals surface area (Å²) in [6.45, 7) is 0. The van der Waals surface area contributed by atoms with E-state index in [1.807, 2.05) is 0 Å². The van der Waals surface area contributed by atoms with E-state index in [2.05, 4.69) is 17.3 Å². The fourth-order valence-electron chi connectivity index (χ4n) is 0. The number of hydrogen-bond acceptors (Lipinski definition) is 3. The van der Waals surface area contributed by atoms with Gasteiger partial charge in [-0.05, 0) is 20.2 Å². The molecule has 1 atom stereocenters. The Balaban J connectivity index is 2.54. The maximum atomic E-state index is 9.50. The van der Waals surface area contributed by atoms with Gasteiger partial charge in [-0.15, -0.1) is 0 Å². The van der Waals surface area contributed by atoms with Crippen LogP contribution in [-0.2, 0) is 0 Å². The van der Waals surface area contributed by atoms with Crippen LogP contribution in [0.3, 0.4) is 0 Å². The van der Waals surface area contributed by atoms with Gasteiger partial charge in [-0.25, -0.2) is 4.61 Å². The molecule has 0 aliphatic rings. The smallest absolute Gasteiger partial charge is 0.0210 e. The standard InChI is InChI=1S/ClH3N2OP/c1-3-5(2)4/h3H,2H2/q-1. The van der Waals surface area contributed by atoms with Crippen LogP contribution >= 0.6 is 20.2 Å². The second kappa shape index (κ2) is 2.82. The van der Waals surface area contributed by atoms with E-state index in [0.29, 0.717) is 0 Å². The molecule has 1 unspecified atom stereocenters. The van der Waals surface area contributed by atoms with Gasteiger partial charge in [0.15, 0.2) is 0 Å². The number of rotatable bonds is 1. The highest BCUT2D eigenvalue weighted by Gasteiger charge is 1.66. The zero-order valence-corrected chi connectivity index (χ0v) is 3.96. The lowest BCUT2D eigenvalue weighted by Crippen LogP contribution is -2.11. The predicted octanol–water partition coefficient (Wildman–Crippen LogP) is -0.724. The van der Waals surface area contributed by atoms with Gasteiger partial charge in [-0.3, -0.25) is 0 Å². The molecule has 5 heavy (non-hydrogen) atoms. The summed E-state index contributed by atoms with van der Waals surface area (Å²) >= 11 is 4.68. The minimum absolute atomic E-state index is 1.79. The SMILES string of the molecule is NP([O-])NCl. The topological polar surface area (TPSA) is 61.1 Å². The monoisotopic (exact) mass is 113 g/mol. The van der Waals surface area contributed by atoms with Crippen LogP contribution in [0, 0.1) is 0 Å². The molecule has 0 spiro atoms. The molecule has 0 rings (SSSR count). The molecule has 0 saturated carbocycles. The van der Waals surface area contributed by atoms with E-state index in [9.17, 15) is 4.89 Å². The predicted molar refractivity (Wildman–Crippen MR) is 20.1 cm³/mol. The lowest BCUT2D eigenvalue weighted by molar-refractivity contribution is -0.161. The number of hydrogen-bond donors (Lipinski definition) is 2. The molecule has 0 amide bonds. The highest BCUT2D eigenvalue weighted by atomic mass is 35.5. The molecule has 0 aromatic heterocycles. The lowest BCUT2D eigenvalue weighted by atomic mass is 13.9. The first-order chi connectivity index (χ1) is 2.27. The first kappa shape index (κ1) is 5.60. The summed E-state index contributed by atoms with van der Waals surface area (Å²) < 4.78 is 1.79. The molecule has 0 fully saturated rings. The minimum Gasteiger partial charge on any atom is -0.805 e. The molecule has 0 aliphatic carbocycles. The maximum Gasteiger partial charge on any atom is -0.0210 e. The summed E-state index contributed by atoms with van der Waals surface area (Å²) in [5.74, 6) is 0. The summed E-state index contributed by atoms with van der Waals surface area (Å²) in [5.41, 5.74) is 4.56. The Morgan fingerprint density at radius 2 is 2.20 bits per heavy atom. The van der Waals surface area contributed by atoms with Gasteiger partial charge in [0.05, 0.1) is 0 Å². The summed E-state index contributed by atoms with van der Waals surface area (Å²) in [6, 6.07) is 0. The fraction of sp³-hybridized carbons (Fsp3) is 0. The van der Waals surface area contributed by atoms with Crippen LogP contribution in [-0.4, -0.2) is 0 Å². The second-order valence-corrected chi connectivity index (χ2v) is 1.74. The van der Waals surface area contributed by atoms with Gasteiger partial charge in [0, 0.05) is 0 Å². The molecule has 0 aliphatic heterocycles. The van der Waals surface area contributed by atoms with E-state index in [4.69, 9.17) is 0 Å². The van der Waals surface area contributed by atoms with Crippen molar-refractivity contribution < 1.29 is 4.89 Å². The van der Waals surface area contributed by atoms with Crippen molar-refractivity contribution in [1.29, 1.82) is 0 Å². The van der Waals surface area contributed by atoms with E-state index in [1.54, 1.807) is 4.61 Å². The normalized spacial score (nSPS) is 15.0. The summed E-state index contributed by atoms with van der Waals surface area (Å²) in [4.78, 5) is 9.50. The van der Waals surface area contributed by atoms with Gasteiger partial charge in [0.2, 0.25) is 0 Å². The van der Waals surface area contributed by atoms with Gasteiger partial charge >= 0.3 is 0 Å². The maximum absolute atomic E-state index is 9.50. The Morgan fingerprint density at radius 1 is 2.00 bits per heavy atom. The molecule has 0 heterocycles. The Bertz CT molecular complexity index is 23.6. The van der Waals surface area contributed by atoms with Crippen LogP contribution in [0.15, 0.2) is 0 Å². The molecular weight excluding hydrogens is 110 g/mol. The van der Waals surface area contributed by atoms with Gasteiger partial charge in [-0.1, -0.05) is 0 Å². The van der Waals surface area contributed by atoms with E-state index in [1.165, 1.54) is 0 Å². The molecule has 0 saturated heterocycles. The first-order valence-electron chi connectivity index (χ1n) is 0.853. The Hall–Kier alpha value is 0.600. The van der Waals surface area contributed by atoms with Crippen LogP contribution in [0.4, 0.5) is 0 Å². The fourth-order valence-corrected chi connectivity index (χ4v) is 0. The number of halogens is 1. The van der Waals surface area contributed by atoms with Crippen molar-refractivity contribution in [3.8, 4) is 0 Å². The van der Waals surface area contributed by atoms with E-state index in [0.717, 1.165) is 0 Å². The Morgan fingerprint density at radius 3 is 2.20 bits per heavy atom. The molecule has 0 bridgehead atoms. The summed E-state index contributed by atoms with van der Waals surface area (Å²) in [7, 11) is -1.83. The molecule has 32 valence electrons. The van der Waals surface area contributed by atoms with Gasteiger partial charge < -0.3 is 10.4 Å². The zero-order valence-electron chi connectivity index (χ0n) is 2.31. The highest BCUT2D eigenvalue weighted by Crippen LogP contribution is 2.01. The zero-order chi connectivity index (χ0) is 4.28. The Labute approximate surface area is 36.2 Å². The van der Waals surface area contributed by atoms with Crippen molar-refractivity contribution in [2.75, 3.05) is 0 Å². The van der Waals surface area contributed by atoms with Gasteiger partial charge in [0.25, 0.3) is 0 Å². The van der Waals surface area contributed by atoms with Crippen LogP contribution in [0.5, 0.6) is 0 Å². The van der Waals surface area contributed by atoms with Crippen molar-refractivity contribution in [2.24, 2.45) is 5.50 Å². The first-order valence-corrected chi connectivity index (χ1v) is 2.56. The molecule has 0 radical (unpaired) electrons. The molecule has 3 N–H and O–H groups in total.